The van der Waals surface area contributed by atoms with Crippen LogP contribution < -0.4 is 11.1 Å². The number of fused-ring (bicyclic) bond motifs is 1. The predicted molar refractivity (Wildman–Crippen MR) is 117 cm³/mol. The van der Waals surface area contributed by atoms with Gasteiger partial charge >= 0.3 is 0 Å². The lowest BCUT2D eigenvalue weighted by molar-refractivity contribution is 0.132. The van der Waals surface area contributed by atoms with Gasteiger partial charge in [0, 0.05) is 45.5 Å². The minimum Gasteiger partial charge on any atom is -0.360 e. The molecule has 1 saturated heterocycles. The van der Waals surface area contributed by atoms with E-state index in [1.807, 2.05) is 22.7 Å². The highest BCUT2D eigenvalue weighted by atomic mass is 15.3. The molecule has 154 valence electrons. The molecule has 1 aliphatic rings. The summed E-state index contributed by atoms with van der Waals surface area (Å²) in [6.45, 7) is 11.5. The average molecular weight is 394 g/mol. The van der Waals surface area contributed by atoms with Crippen molar-refractivity contribution in [3.05, 3.63) is 59.5 Å². The topological polar surface area (TPSA) is 74.7 Å². The van der Waals surface area contributed by atoms with E-state index in [2.05, 4.69) is 57.4 Å². The number of nitrogens with two attached hydrogens (primary N) is 1. The molecule has 1 fully saturated rings. The van der Waals surface area contributed by atoms with E-state index in [1.165, 1.54) is 11.1 Å². The van der Waals surface area contributed by atoms with Gasteiger partial charge in [-0.15, -0.1) is 0 Å². The molecule has 0 unspecified atom stereocenters. The second-order valence-electron chi connectivity index (χ2n) is 7.73. The molecule has 7 heteroatoms. The summed E-state index contributed by atoms with van der Waals surface area (Å²) in [4.78, 5) is 9.58. The summed E-state index contributed by atoms with van der Waals surface area (Å²) >= 11 is 0. The molecule has 0 saturated carbocycles. The van der Waals surface area contributed by atoms with E-state index in [-0.39, 0.29) is 6.04 Å². The number of rotatable bonds is 7. The minimum atomic E-state index is 0.00905. The second kappa shape index (κ2) is 8.90. The highest BCUT2D eigenvalue weighted by Crippen LogP contribution is 2.26. The maximum Gasteiger partial charge on any atom is 0.154 e. The van der Waals surface area contributed by atoms with Crippen LogP contribution in [-0.4, -0.2) is 63.7 Å². The molecule has 0 spiro atoms. The van der Waals surface area contributed by atoms with Crippen LogP contribution >= 0.6 is 0 Å². The van der Waals surface area contributed by atoms with Crippen LogP contribution in [0, 0.1) is 6.92 Å². The Morgan fingerprint density at radius 1 is 1.10 bits per heavy atom. The molecule has 4 rings (SSSR count). The van der Waals surface area contributed by atoms with Crippen LogP contribution in [0.1, 0.15) is 29.7 Å². The van der Waals surface area contributed by atoms with Crippen molar-refractivity contribution in [1.29, 1.82) is 0 Å². The molecule has 0 radical (unpaired) electrons. The first kappa shape index (κ1) is 19.8. The first-order valence-corrected chi connectivity index (χ1v) is 10.5. The Morgan fingerprint density at radius 2 is 1.83 bits per heavy atom. The van der Waals surface area contributed by atoms with Crippen LogP contribution in [0.5, 0.6) is 0 Å². The Morgan fingerprint density at radius 3 is 2.52 bits per heavy atom. The van der Waals surface area contributed by atoms with Gasteiger partial charge in [0.05, 0.1) is 6.04 Å². The standard InChI is InChI=1S/C22H31N7/c1-3-27-9-11-28(12-10-27)14-19-15-29-21(17(19)2)22(24-16-25-29)26-20(13-23)18-7-5-4-6-8-18/h4-8,15-16,20H,3,9-14,23H2,1-2H3,(H,24,25,26)/t20-/m1/s1. The summed E-state index contributed by atoms with van der Waals surface area (Å²) in [6.07, 6.45) is 3.75. The van der Waals surface area contributed by atoms with Crippen molar-refractivity contribution in [2.45, 2.75) is 26.4 Å². The van der Waals surface area contributed by atoms with Crippen LogP contribution in [0.25, 0.3) is 5.52 Å². The average Bonchev–Trinajstić information content (AvgIpc) is 3.09. The van der Waals surface area contributed by atoms with Gasteiger partial charge in [0.25, 0.3) is 0 Å². The number of nitrogens with zero attached hydrogens (tertiary/aromatic N) is 5. The number of aryl methyl sites for hydroxylation is 1. The number of nitrogens with one attached hydrogen (secondary N) is 1. The zero-order valence-electron chi connectivity index (χ0n) is 17.4. The molecule has 7 nitrogen and oxygen atoms in total. The van der Waals surface area contributed by atoms with Gasteiger partial charge in [0.1, 0.15) is 11.8 Å². The summed E-state index contributed by atoms with van der Waals surface area (Å²) in [6, 6.07) is 10.3. The van der Waals surface area contributed by atoms with E-state index in [4.69, 9.17) is 5.73 Å². The lowest BCUT2D eigenvalue weighted by Gasteiger charge is -2.33. The van der Waals surface area contributed by atoms with Crippen molar-refractivity contribution >= 4 is 11.3 Å². The van der Waals surface area contributed by atoms with E-state index in [0.29, 0.717) is 6.54 Å². The van der Waals surface area contributed by atoms with Crippen molar-refractivity contribution in [2.75, 3.05) is 44.6 Å². The SMILES string of the molecule is CCN1CCN(Cc2cn3ncnc(N[C@H](CN)c4ccccc4)c3c2C)CC1. The van der Waals surface area contributed by atoms with E-state index < -0.39 is 0 Å². The maximum atomic E-state index is 6.06. The summed E-state index contributed by atoms with van der Waals surface area (Å²) in [5.41, 5.74) is 10.8. The quantitative estimate of drug-likeness (QED) is 0.642. The number of piperazine rings is 1. The molecular formula is C22H31N7. The Kier molecular flexibility index (Phi) is 6.08. The van der Waals surface area contributed by atoms with Crippen LogP contribution in [0.4, 0.5) is 5.82 Å². The molecule has 3 N–H and O–H groups in total. The van der Waals surface area contributed by atoms with Crippen LogP contribution in [-0.2, 0) is 6.54 Å². The van der Waals surface area contributed by atoms with Gasteiger partial charge in [-0.05, 0) is 30.2 Å². The largest absolute Gasteiger partial charge is 0.360 e. The normalized spacial score (nSPS) is 16.9. The third-order valence-corrected chi connectivity index (χ3v) is 5.99. The molecule has 1 aromatic carbocycles. The highest BCUT2D eigenvalue weighted by Gasteiger charge is 2.20. The van der Waals surface area contributed by atoms with Crippen LogP contribution in [0.3, 0.4) is 0 Å². The first-order chi connectivity index (χ1) is 14.2. The number of benzene rings is 1. The van der Waals surface area contributed by atoms with E-state index in [0.717, 1.165) is 56.2 Å². The molecule has 3 aromatic rings. The van der Waals surface area contributed by atoms with Crippen molar-refractivity contribution < 1.29 is 0 Å². The van der Waals surface area contributed by atoms with Crippen molar-refractivity contribution in [3.63, 3.8) is 0 Å². The minimum absolute atomic E-state index is 0.00905. The maximum absolute atomic E-state index is 6.06. The predicted octanol–water partition coefficient (Wildman–Crippen LogP) is 2.29. The fourth-order valence-corrected chi connectivity index (χ4v) is 4.11. The Bertz CT molecular complexity index is 929. The Balaban J connectivity index is 1.57. The Hall–Kier alpha value is -2.48. The molecule has 0 amide bonds. The zero-order chi connectivity index (χ0) is 20.2. The summed E-state index contributed by atoms with van der Waals surface area (Å²) < 4.78 is 1.95. The molecule has 2 aromatic heterocycles. The van der Waals surface area contributed by atoms with Gasteiger partial charge in [0.15, 0.2) is 5.82 Å². The van der Waals surface area contributed by atoms with Crippen molar-refractivity contribution in [1.82, 2.24) is 24.4 Å². The number of hydrogen-bond donors (Lipinski definition) is 2. The molecule has 0 bridgehead atoms. The second-order valence-corrected chi connectivity index (χ2v) is 7.73. The lowest BCUT2D eigenvalue weighted by Crippen LogP contribution is -2.45. The smallest absolute Gasteiger partial charge is 0.154 e. The molecule has 3 heterocycles. The fraction of sp³-hybridized carbons (Fsp3) is 0.455. The van der Waals surface area contributed by atoms with Crippen LogP contribution in [0.15, 0.2) is 42.9 Å². The van der Waals surface area contributed by atoms with E-state index >= 15 is 0 Å². The molecule has 1 atom stereocenters. The molecule has 1 aliphatic heterocycles. The fourth-order valence-electron chi connectivity index (χ4n) is 4.11. The van der Waals surface area contributed by atoms with Crippen LogP contribution in [0.2, 0.25) is 0 Å². The van der Waals surface area contributed by atoms with Gasteiger partial charge in [-0.3, -0.25) is 4.90 Å². The summed E-state index contributed by atoms with van der Waals surface area (Å²) in [7, 11) is 0. The number of hydrogen-bond acceptors (Lipinski definition) is 6. The lowest BCUT2D eigenvalue weighted by atomic mass is 10.1. The van der Waals surface area contributed by atoms with E-state index in [1.54, 1.807) is 6.33 Å². The van der Waals surface area contributed by atoms with Gasteiger partial charge in [-0.1, -0.05) is 37.3 Å². The summed E-state index contributed by atoms with van der Waals surface area (Å²) in [5, 5.41) is 8.00. The molecule has 29 heavy (non-hydrogen) atoms. The number of aromatic nitrogens is 3. The van der Waals surface area contributed by atoms with Crippen molar-refractivity contribution in [2.24, 2.45) is 5.73 Å². The third-order valence-electron chi connectivity index (χ3n) is 5.99. The highest BCUT2D eigenvalue weighted by molar-refractivity contribution is 5.73. The zero-order valence-corrected chi connectivity index (χ0v) is 17.4. The third kappa shape index (κ3) is 4.27. The van der Waals surface area contributed by atoms with Gasteiger partial charge in [0.2, 0.25) is 0 Å². The molecular weight excluding hydrogens is 362 g/mol. The summed E-state index contributed by atoms with van der Waals surface area (Å²) in [5.74, 6) is 0.832. The van der Waals surface area contributed by atoms with Gasteiger partial charge in [-0.25, -0.2) is 9.50 Å². The monoisotopic (exact) mass is 393 g/mol. The first-order valence-electron chi connectivity index (χ1n) is 10.5. The van der Waals surface area contributed by atoms with Gasteiger partial charge < -0.3 is 16.0 Å². The van der Waals surface area contributed by atoms with Crippen molar-refractivity contribution in [3.8, 4) is 0 Å². The Labute approximate surface area is 172 Å². The molecule has 0 aliphatic carbocycles. The van der Waals surface area contributed by atoms with Gasteiger partial charge in [-0.2, -0.15) is 5.10 Å². The van der Waals surface area contributed by atoms with E-state index in [9.17, 15) is 0 Å². The number of anilines is 1. The number of likely N-dealkylation sites (N-methyl/N-ethyl adjacent to an activating group) is 1.